The lowest BCUT2D eigenvalue weighted by Crippen LogP contribution is -2.45. The van der Waals surface area contributed by atoms with Crippen molar-refractivity contribution in [1.29, 1.82) is 0 Å². The van der Waals surface area contributed by atoms with Gasteiger partial charge in [0.2, 0.25) is 0 Å². The number of aromatic amines is 1. The third-order valence-corrected chi connectivity index (χ3v) is 5.81. The smallest absolute Gasteiger partial charge is 0.179 e. The Balaban J connectivity index is 1.79. The highest BCUT2D eigenvalue weighted by molar-refractivity contribution is 6.02. The van der Waals surface area contributed by atoms with Gasteiger partial charge in [0.25, 0.3) is 0 Å². The highest BCUT2D eigenvalue weighted by Crippen LogP contribution is 2.40. The van der Waals surface area contributed by atoms with Crippen LogP contribution in [-0.2, 0) is 6.42 Å². The Morgan fingerprint density at radius 3 is 2.86 bits per heavy atom. The molecular formula is C19H24N2O. The molecule has 3 nitrogen and oxygen atoms in total. The molecule has 3 unspecified atom stereocenters. The van der Waals surface area contributed by atoms with Gasteiger partial charge in [0.15, 0.2) is 5.78 Å². The number of fused-ring (bicyclic) bond motifs is 4. The summed E-state index contributed by atoms with van der Waals surface area (Å²) in [6, 6.07) is 8.34. The quantitative estimate of drug-likeness (QED) is 0.874. The predicted molar refractivity (Wildman–Crippen MR) is 89.2 cm³/mol. The second-order valence-corrected chi connectivity index (χ2v) is 7.17. The van der Waals surface area contributed by atoms with Gasteiger partial charge in [-0.3, -0.25) is 4.79 Å². The van der Waals surface area contributed by atoms with Crippen molar-refractivity contribution in [3.05, 3.63) is 35.5 Å². The van der Waals surface area contributed by atoms with Gasteiger partial charge in [0.05, 0.1) is 5.69 Å². The number of piperidine rings is 1. The molecule has 22 heavy (non-hydrogen) atoms. The minimum Gasteiger partial charge on any atom is -0.352 e. The van der Waals surface area contributed by atoms with Crippen LogP contribution < -0.4 is 0 Å². The summed E-state index contributed by atoms with van der Waals surface area (Å²) in [6.45, 7) is 4.53. The van der Waals surface area contributed by atoms with E-state index in [2.05, 4.69) is 42.1 Å². The Bertz CT molecular complexity index is 717. The first-order chi connectivity index (χ1) is 10.7. The fraction of sp³-hybridized carbons (Fsp3) is 0.526. The zero-order chi connectivity index (χ0) is 15.3. The number of H-pyrrole nitrogens is 1. The molecule has 1 N–H and O–H groups in total. The lowest BCUT2D eigenvalue weighted by molar-refractivity contribution is 0.0638. The number of rotatable bonds is 1. The van der Waals surface area contributed by atoms with Crippen LogP contribution >= 0.6 is 0 Å². The summed E-state index contributed by atoms with van der Waals surface area (Å²) in [7, 11) is 2.22. The summed E-state index contributed by atoms with van der Waals surface area (Å²) < 4.78 is 0. The number of carbonyl (C=O) groups excluding carboxylic acids is 1. The van der Waals surface area contributed by atoms with Crippen LogP contribution in [0.3, 0.4) is 0 Å². The largest absolute Gasteiger partial charge is 0.352 e. The first kappa shape index (κ1) is 14.0. The average molecular weight is 296 g/mol. The summed E-state index contributed by atoms with van der Waals surface area (Å²) >= 11 is 0. The number of carbonyl (C=O) groups is 1. The van der Waals surface area contributed by atoms with E-state index in [0.717, 1.165) is 37.1 Å². The second kappa shape index (κ2) is 5.24. The number of nitrogens with one attached hydrogen (secondary N) is 1. The molecule has 0 saturated carbocycles. The maximum atomic E-state index is 12.8. The Labute approximate surface area is 131 Å². The van der Waals surface area contributed by atoms with E-state index in [1.54, 1.807) is 0 Å². The molecular weight excluding hydrogens is 272 g/mol. The van der Waals surface area contributed by atoms with Crippen molar-refractivity contribution in [2.24, 2.45) is 17.8 Å². The van der Waals surface area contributed by atoms with Crippen LogP contribution in [0.2, 0.25) is 0 Å². The normalized spacial score (nSPS) is 29.2. The molecule has 1 aliphatic heterocycles. The molecule has 1 saturated heterocycles. The number of Topliss-reactive ketones (excluding diaryl/α,β-unsaturated/α-hetero) is 1. The fourth-order valence-corrected chi connectivity index (χ4v) is 4.74. The number of hydrogen-bond acceptors (Lipinski definition) is 2. The van der Waals surface area contributed by atoms with Crippen molar-refractivity contribution in [3.8, 4) is 0 Å². The number of nitrogens with zero attached hydrogens (tertiary/aromatic N) is 1. The maximum Gasteiger partial charge on any atom is 0.179 e. The van der Waals surface area contributed by atoms with Crippen molar-refractivity contribution >= 4 is 16.7 Å². The van der Waals surface area contributed by atoms with Crippen molar-refractivity contribution < 1.29 is 4.79 Å². The lowest BCUT2D eigenvalue weighted by atomic mass is 9.73. The monoisotopic (exact) mass is 296 g/mol. The third kappa shape index (κ3) is 2.11. The Morgan fingerprint density at radius 2 is 2.05 bits per heavy atom. The van der Waals surface area contributed by atoms with E-state index in [1.807, 2.05) is 6.07 Å². The summed E-state index contributed by atoms with van der Waals surface area (Å²) in [4.78, 5) is 18.7. The lowest BCUT2D eigenvalue weighted by Gasteiger charge is -2.41. The Hall–Kier alpha value is -1.61. The van der Waals surface area contributed by atoms with Crippen LogP contribution in [0.25, 0.3) is 10.9 Å². The molecule has 2 aromatic rings. The molecule has 4 rings (SSSR count). The summed E-state index contributed by atoms with van der Waals surface area (Å²) in [5.41, 5.74) is 3.25. The molecule has 1 aromatic carbocycles. The Morgan fingerprint density at radius 1 is 1.23 bits per heavy atom. The first-order valence-electron chi connectivity index (χ1n) is 8.48. The van der Waals surface area contributed by atoms with Gasteiger partial charge in [-0.2, -0.15) is 0 Å². The van der Waals surface area contributed by atoms with E-state index < -0.39 is 0 Å². The number of likely N-dealkylation sites (tertiary alicyclic amines) is 1. The summed E-state index contributed by atoms with van der Waals surface area (Å²) in [5.74, 6) is 2.13. The molecule has 3 atom stereocenters. The van der Waals surface area contributed by atoms with E-state index in [4.69, 9.17) is 0 Å². The van der Waals surface area contributed by atoms with Crippen LogP contribution in [0.15, 0.2) is 24.3 Å². The topological polar surface area (TPSA) is 36.1 Å². The highest BCUT2D eigenvalue weighted by atomic mass is 16.1. The standard InChI is InChI=1S/C19H24N2O/c1-3-12-10-21(2)11-13-8-16-14-6-4-5-7-17(14)20-19(16)18(22)9-15(12)13/h4-7,12-13,15,20H,3,8-11H2,1-2H3. The number of ketones is 1. The molecule has 1 aromatic heterocycles. The molecule has 0 spiro atoms. The molecule has 3 heteroatoms. The summed E-state index contributed by atoms with van der Waals surface area (Å²) in [5, 5.41) is 1.24. The Kier molecular flexibility index (Phi) is 3.33. The van der Waals surface area contributed by atoms with Gasteiger partial charge in [0, 0.05) is 30.4 Å². The van der Waals surface area contributed by atoms with Crippen molar-refractivity contribution in [2.75, 3.05) is 20.1 Å². The molecule has 0 amide bonds. The van der Waals surface area contributed by atoms with Gasteiger partial charge in [-0.05, 0) is 42.9 Å². The maximum absolute atomic E-state index is 12.8. The van der Waals surface area contributed by atoms with E-state index in [1.165, 1.54) is 17.4 Å². The van der Waals surface area contributed by atoms with Gasteiger partial charge in [-0.25, -0.2) is 0 Å². The van der Waals surface area contributed by atoms with Crippen LogP contribution in [0.5, 0.6) is 0 Å². The van der Waals surface area contributed by atoms with Gasteiger partial charge < -0.3 is 9.88 Å². The average Bonchev–Trinajstić information content (AvgIpc) is 2.82. The van der Waals surface area contributed by atoms with Gasteiger partial charge in [-0.15, -0.1) is 0 Å². The van der Waals surface area contributed by atoms with Crippen molar-refractivity contribution in [1.82, 2.24) is 9.88 Å². The highest BCUT2D eigenvalue weighted by Gasteiger charge is 2.39. The molecule has 0 bridgehead atoms. The third-order valence-electron chi connectivity index (χ3n) is 5.81. The zero-order valence-corrected chi connectivity index (χ0v) is 13.4. The molecule has 0 radical (unpaired) electrons. The molecule has 1 aliphatic carbocycles. The first-order valence-corrected chi connectivity index (χ1v) is 8.48. The van der Waals surface area contributed by atoms with E-state index in [0.29, 0.717) is 23.5 Å². The number of benzene rings is 1. The van der Waals surface area contributed by atoms with Crippen LogP contribution in [0, 0.1) is 17.8 Å². The van der Waals surface area contributed by atoms with E-state index in [9.17, 15) is 4.79 Å². The van der Waals surface area contributed by atoms with Gasteiger partial charge in [-0.1, -0.05) is 31.5 Å². The van der Waals surface area contributed by atoms with Crippen molar-refractivity contribution in [3.63, 3.8) is 0 Å². The minimum absolute atomic E-state index is 0.321. The van der Waals surface area contributed by atoms with E-state index >= 15 is 0 Å². The molecule has 2 heterocycles. The molecule has 116 valence electrons. The van der Waals surface area contributed by atoms with Crippen LogP contribution in [-0.4, -0.2) is 35.8 Å². The second-order valence-electron chi connectivity index (χ2n) is 7.17. The van der Waals surface area contributed by atoms with E-state index in [-0.39, 0.29) is 0 Å². The SMILES string of the molecule is CCC1CN(C)CC2Cc3c([nH]c4ccccc34)C(=O)CC12. The molecule has 2 aliphatic rings. The van der Waals surface area contributed by atoms with Gasteiger partial charge in [0.1, 0.15) is 0 Å². The minimum atomic E-state index is 0.321. The zero-order valence-electron chi connectivity index (χ0n) is 13.4. The van der Waals surface area contributed by atoms with Gasteiger partial charge >= 0.3 is 0 Å². The summed E-state index contributed by atoms with van der Waals surface area (Å²) in [6.07, 6.45) is 2.93. The van der Waals surface area contributed by atoms with Crippen LogP contribution in [0.1, 0.15) is 35.8 Å². The van der Waals surface area contributed by atoms with Crippen LogP contribution in [0.4, 0.5) is 0 Å². The number of para-hydroxylation sites is 1. The number of hydrogen-bond donors (Lipinski definition) is 1. The fourth-order valence-electron chi connectivity index (χ4n) is 4.74. The predicted octanol–water partition coefficient (Wildman–Crippen LogP) is 3.50. The van der Waals surface area contributed by atoms with Crippen molar-refractivity contribution in [2.45, 2.75) is 26.2 Å². The number of aromatic nitrogens is 1. The molecule has 1 fully saturated rings.